The van der Waals surface area contributed by atoms with Gasteiger partial charge in [0.1, 0.15) is 0 Å². The van der Waals surface area contributed by atoms with Crippen LogP contribution in [-0.2, 0) is 0 Å². The van der Waals surface area contributed by atoms with Crippen molar-refractivity contribution in [3.63, 3.8) is 0 Å². The molecule has 0 aromatic heterocycles. The number of fused-ring (bicyclic) bond motifs is 1. The monoisotopic (exact) mass is 372 g/mol. The van der Waals surface area contributed by atoms with Gasteiger partial charge in [-0.2, -0.15) is 0 Å². The van der Waals surface area contributed by atoms with Crippen molar-refractivity contribution >= 4 is 23.3 Å². The molecule has 0 fully saturated rings. The molecule has 0 spiro atoms. The summed E-state index contributed by atoms with van der Waals surface area (Å²) in [4.78, 5) is 3.36. The number of phenolic OH excluding ortho intramolecular Hbond substituents is 1. The van der Waals surface area contributed by atoms with Gasteiger partial charge in [-0.3, -0.25) is 4.72 Å². The topological polar surface area (TPSA) is 44.7 Å². The van der Waals surface area contributed by atoms with Crippen LogP contribution in [0.2, 0.25) is 0 Å². The maximum Gasteiger partial charge on any atom is 0.162 e. The Kier molecular flexibility index (Phi) is 5.99. The third-order valence-corrected chi connectivity index (χ3v) is 6.23. The smallest absolute Gasteiger partial charge is 0.162 e. The van der Waals surface area contributed by atoms with Crippen LogP contribution in [0, 0.1) is 0 Å². The molecule has 2 aromatic carbocycles. The summed E-state index contributed by atoms with van der Waals surface area (Å²) in [6.45, 7) is 5.36. The molecule has 1 atom stereocenters. The molecule has 4 nitrogen and oxygen atoms in total. The van der Waals surface area contributed by atoms with Gasteiger partial charge >= 0.3 is 0 Å². The first-order chi connectivity index (χ1) is 12.6. The van der Waals surface area contributed by atoms with Gasteiger partial charge in [0.25, 0.3) is 0 Å². The van der Waals surface area contributed by atoms with Crippen molar-refractivity contribution in [2.45, 2.75) is 50.0 Å². The summed E-state index contributed by atoms with van der Waals surface area (Å²) in [7, 11) is 1.59. The van der Waals surface area contributed by atoms with Crippen LogP contribution in [0.3, 0.4) is 0 Å². The fourth-order valence-electron chi connectivity index (χ4n) is 3.42. The number of rotatable bonds is 6. The molecule has 0 amide bonds. The van der Waals surface area contributed by atoms with Crippen molar-refractivity contribution in [1.82, 2.24) is 4.72 Å². The molecule has 1 aliphatic heterocycles. The van der Waals surface area contributed by atoms with Crippen molar-refractivity contribution in [2.75, 3.05) is 18.6 Å². The van der Waals surface area contributed by atoms with E-state index >= 15 is 0 Å². The summed E-state index contributed by atoms with van der Waals surface area (Å²) in [6, 6.07) is 14.2. The fraction of sp³-hybridized carbons (Fsp3) is 0.429. The van der Waals surface area contributed by atoms with Crippen molar-refractivity contribution in [3.8, 4) is 11.5 Å². The highest BCUT2D eigenvalue weighted by Gasteiger charge is 2.35. The lowest BCUT2D eigenvalue weighted by Gasteiger charge is -2.37. The van der Waals surface area contributed by atoms with E-state index in [4.69, 9.17) is 4.74 Å². The van der Waals surface area contributed by atoms with Gasteiger partial charge in [0.05, 0.1) is 17.7 Å². The summed E-state index contributed by atoms with van der Waals surface area (Å²) in [5, 5.41) is 10.3. The van der Waals surface area contributed by atoms with E-state index in [0.717, 1.165) is 35.7 Å². The average Bonchev–Trinajstić information content (AvgIpc) is 2.84. The predicted octanol–water partition coefficient (Wildman–Crippen LogP) is 5.49. The van der Waals surface area contributed by atoms with Crippen molar-refractivity contribution < 1.29 is 9.84 Å². The van der Waals surface area contributed by atoms with E-state index in [-0.39, 0.29) is 11.3 Å². The Labute approximate surface area is 160 Å². The summed E-state index contributed by atoms with van der Waals surface area (Å²) < 4.78 is 9.10. The van der Waals surface area contributed by atoms with Crippen LogP contribution in [0.1, 0.15) is 39.5 Å². The molecule has 0 aliphatic carbocycles. The molecule has 0 saturated heterocycles. The number of anilines is 2. The van der Waals surface area contributed by atoms with Gasteiger partial charge in [-0.1, -0.05) is 44.9 Å². The quantitative estimate of drug-likeness (QED) is 0.657. The van der Waals surface area contributed by atoms with E-state index in [1.807, 2.05) is 12.1 Å². The van der Waals surface area contributed by atoms with Gasteiger partial charge < -0.3 is 14.7 Å². The van der Waals surface area contributed by atoms with Crippen molar-refractivity contribution in [3.05, 3.63) is 42.5 Å². The molecule has 2 aromatic rings. The van der Waals surface area contributed by atoms with E-state index in [1.165, 1.54) is 12.8 Å². The highest BCUT2D eigenvalue weighted by molar-refractivity contribution is 7.97. The second-order valence-electron chi connectivity index (χ2n) is 6.86. The van der Waals surface area contributed by atoms with Crippen LogP contribution < -0.4 is 14.4 Å². The zero-order valence-corrected chi connectivity index (χ0v) is 16.6. The molecular formula is C21H28N2O2S. The average molecular weight is 373 g/mol. The standard InChI is InChI=1S/C21H28N2O2S/c1-4-6-12-21(5-2)15-23(16-10-8-7-9-11-16)17-13-19(25-3)18(24)14-20(17)26-22-21/h7-11,13-14,22,24H,4-6,12,15H2,1-3H3. The van der Waals surface area contributed by atoms with Gasteiger partial charge in [0.15, 0.2) is 11.5 Å². The Morgan fingerprint density at radius 3 is 2.65 bits per heavy atom. The van der Waals surface area contributed by atoms with Crippen LogP contribution >= 0.6 is 11.9 Å². The number of phenols is 1. The number of methoxy groups -OCH3 is 1. The molecule has 0 saturated carbocycles. The molecule has 1 unspecified atom stereocenters. The molecule has 0 radical (unpaired) electrons. The minimum absolute atomic E-state index is 0.0123. The van der Waals surface area contributed by atoms with Crippen LogP contribution in [0.4, 0.5) is 11.4 Å². The van der Waals surface area contributed by atoms with Gasteiger partial charge in [0.2, 0.25) is 0 Å². The molecule has 26 heavy (non-hydrogen) atoms. The third kappa shape index (κ3) is 3.79. The number of para-hydroxylation sites is 1. The Hall–Kier alpha value is -1.85. The molecule has 5 heteroatoms. The highest BCUT2D eigenvalue weighted by Crippen LogP contribution is 2.45. The lowest BCUT2D eigenvalue weighted by molar-refractivity contribution is 0.351. The summed E-state index contributed by atoms with van der Waals surface area (Å²) in [5.74, 6) is 0.675. The summed E-state index contributed by atoms with van der Waals surface area (Å²) in [6.07, 6.45) is 4.53. The third-order valence-electron chi connectivity index (χ3n) is 5.14. The normalized spacial score (nSPS) is 19.7. The number of benzene rings is 2. The molecule has 1 aliphatic rings. The Morgan fingerprint density at radius 2 is 2.00 bits per heavy atom. The summed E-state index contributed by atoms with van der Waals surface area (Å²) in [5.41, 5.74) is 2.23. The van der Waals surface area contributed by atoms with Crippen LogP contribution in [0.5, 0.6) is 11.5 Å². The molecule has 3 rings (SSSR count). The Morgan fingerprint density at radius 1 is 1.23 bits per heavy atom. The SMILES string of the molecule is CCCCC1(CC)CN(c2ccccc2)c2cc(OC)c(O)cc2SN1. The minimum Gasteiger partial charge on any atom is -0.504 e. The Balaban J connectivity index is 2.09. The van der Waals surface area contributed by atoms with Gasteiger partial charge in [0, 0.05) is 29.9 Å². The molecule has 1 heterocycles. The first-order valence-electron chi connectivity index (χ1n) is 9.30. The van der Waals surface area contributed by atoms with E-state index in [0.29, 0.717) is 5.75 Å². The number of unbranched alkanes of at least 4 members (excludes halogenated alkanes) is 1. The summed E-state index contributed by atoms with van der Waals surface area (Å²) >= 11 is 1.62. The minimum atomic E-state index is 0.0123. The van der Waals surface area contributed by atoms with E-state index < -0.39 is 0 Å². The van der Waals surface area contributed by atoms with Gasteiger partial charge in [-0.15, -0.1) is 0 Å². The second kappa shape index (κ2) is 8.23. The van der Waals surface area contributed by atoms with Crippen LogP contribution in [-0.4, -0.2) is 24.3 Å². The van der Waals surface area contributed by atoms with E-state index in [1.54, 1.807) is 25.1 Å². The zero-order valence-electron chi connectivity index (χ0n) is 15.8. The van der Waals surface area contributed by atoms with E-state index in [9.17, 15) is 5.11 Å². The number of nitrogens with one attached hydrogen (secondary N) is 1. The number of aromatic hydroxyl groups is 1. The lowest BCUT2D eigenvalue weighted by atomic mass is 9.89. The number of ether oxygens (including phenoxy) is 1. The first kappa shape index (κ1) is 18.9. The van der Waals surface area contributed by atoms with Crippen LogP contribution in [0.15, 0.2) is 47.4 Å². The lowest BCUT2D eigenvalue weighted by Crippen LogP contribution is -2.48. The highest BCUT2D eigenvalue weighted by atomic mass is 32.2. The fourth-order valence-corrected chi connectivity index (χ4v) is 4.50. The largest absolute Gasteiger partial charge is 0.504 e. The van der Waals surface area contributed by atoms with Crippen LogP contribution in [0.25, 0.3) is 0 Å². The molecule has 0 bridgehead atoms. The number of hydrogen-bond donors (Lipinski definition) is 2. The predicted molar refractivity (Wildman–Crippen MR) is 110 cm³/mol. The van der Waals surface area contributed by atoms with E-state index in [2.05, 4.69) is 47.7 Å². The van der Waals surface area contributed by atoms with Crippen molar-refractivity contribution in [1.29, 1.82) is 0 Å². The number of nitrogens with zero attached hydrogens (tertiary/aromatic N) is 1. The van der Waals surface area contributed by atoms with Gasteiger partial charge in [-0.25, -0.2) is 0 Å². The molecule has 140 valence electrons. The molecule has 2 N–H and O–H groups in total. The second-order valence-corrected chi connectivity index (χ2v) is 7.70. The van der Waals surface area contributed by atoms with Crippen molar-refractivity contribution in [2.24, 2.45) is 0 Å². The number of hydrogen-bond acceptors (Lipinski definition) is 5. The van der Waals surface area contributed by atoms with Gasteiger partial charge in [-0.05, 0) is 36.9 Å². The molecular weight excluding hydrogens is 344 g/mol. The Bertz CT molecular complexity index is 738. The zero-order chi connectivity index (χ0) is 18.6. The first-order valence-corrected chi connectivity index (χ1v) is 10.1. The maximum atomic E-state index is 10.3. The maximum absolute atomic E-state index is 10.3.